The summed E-state index contributed by atoms with van der Waals surface area (Å²) < 4.78 is 23.0. The number of aliphatic hydroxyl groups excluding tert-OH is 1. The summed E-state index contributed by atoms with van der Waals surface area (Å²) in [6, 6.07) is -0.858. The topological polar surface area (TPSA) is 105 Å². The van der Waals surface area contributed by atoms with Crippen LogP contribution in [0.25, 0.3) is 0 Å². The molecule has 37 heavy (non-hydrogen) atoms. The van der Waals surface area contributed by atoms with Gasteiger partial charge in [0.2, 0.25) is 5.91 Å². The fourth-order valence-electron chi connectivity index (χ4n) is 3.23. The third-order valence-electron chi connectivity index (χ3n) is 5.59. The number of nitrogens with zero attached hydrogens (tertiary/aromatic N) is 1. The van der Waals surface area contributed by atoms with Gasteiger partial charge in [-0.25, -0.2) is 4.57 Å². The van der Waals surface area contributed by atoms with E-state index < -0.39 is 20.0 Å². The van der Waals surface area contributed by atoms with Gasteiger partial charge in [-0.2, -0.15) is 0 Å². The first-order valence-corrected chi connectivity index (χ1v) is 15.4. The number of allylic oxidation sites excluding steroid dienone is 5. The van der Waals surface area contributed by atoms with E-state index in [1.165, 1.54) is 12.8 Å². The van der Waals surface area contributed by atoms with Crippen molar-refractivity contribution in [3.05, 3.63) is 36.5 Å². The summed E-state index contributed by atoms with van der Waals surface area (Å²) in [6.45, 7) is 4.49. The summed E-state index contributed by atoms with van der Waals surface area (Å²) in [5, 5.41) is 13.4. The summed E-state index contributed by atoms with van der Waals surface area (Å²) in [5.41, 5.74) is 0. The zero-order valence-corrected chi connectivity index (χ0v) is 24.8. The fourth-order valence-corrected chi connectivity index (χ4v) is 3.97. The number of phosphoric acid groups is 1. The molecular weight excluding hydrogens is 491 g/mol. The molecule has 3 unspecified atom stereocenters. The van der Waals surface area contributed by atoms with Gasteiger partial charge in [0.25, 0.3) is 0 Å². The Labute approximate surface area is 226 Å². The summed E-state index contributed by atoms with van der Waals surface area (Å²) in [5.74, 6) is -0.222. The molecule has 0 aromatic rings. The minimum absolute atomic E-state index is 0.0520. The van der Waals surface area contributed by atoms with Gasteiger partial charge in [0.05, 0.1) is 39.9 Å². The van der Waals surface area contributed by atoms with Crippen LogP contribution in [0.15, 0.2) is 36.5 Å². The van der Waals surface area contributed by atoms with Crippen LogP contribution < -0.4 is 5.32 Å². The number of unbranched alkanes of at least 4 members (excludes halogenated alkanes) is 6. The lowest BCUT2D eigenvalue weighted by atomic mass is 10.1. The lowest BCUT2D eigenvalue weighted by Crippen LogP contribution is -2.45. The molecule has 8 nitrogen and oxygen atoms in total. The molecule has 3 N–H and O–H groups in total. The molecule has 3 atom stereocenters. The number of carbonyl (C=O) groups is 1. The first-order valence-electron chi connectivity index (χ1n) is 13.9. The van der Waals surface area contributed by atoms with Gasteiger partial charge >= 0.3 is 7.82 Å². The highest BCUT2D eigenvalue weighted by atomic mass is 31.2. The van der Waals surface area contributed by atoms with Crippen LogP contribution in [-0.4, -0.2) is 73.4 Å². The average molecular weight is 546 g/mol. The fraction of sp³-hybridized carbons (Fsp3) is 0.750. The van der Waals surface area contributed by atoms with Crippen molar-refractivity contribution in [2.45, 2.75) is 96.6 Å². The lowest BCUT2D eigenvalue weighted by Gasteiger charge is -2.25. The Kier molecular flexibility index (Phi) is 20.9. The minimum Gasteiger partial charge on any atom is -0.387 e. The highest BCUT2D eigenvalue weighted by Gasteiger charge is 2.27. The molecule has 0 spiro atoms. The van der Waals surface area contributed by atoms with Gasteiger partial charge in [0.1, 0.15) is 13.2 Å². The van der Waals surface area contributed by atoms with E-state index in [4.69, 9.17) is 9.05 Å². The van der Waals surface area contributed by atoms with Crippen LogP contribution in [0.5, 0.6) is 0 Å². The molecule has 216 valence electrons. The predicted octanol–water partition coefficient (Wildman–Crippen LogP) is 5.67. The number of aliphatic hydroxyl groups is 1. The van der Waals surface area contributed by atoms with Crippen molar-refractivity contribution in [1.29, 1.82) is 0 Å². The van der Waals surface area contributed by atoms with Gasteiger partial charge in [-0.15, -0.1) is 0 Å². The maximum atomic E-state index is 12.3. The summed E-state index contributed by atoms with van der Waals surface area (Å²) in [4.78, 5) is 22.4. The van der Waals surface area contributed by atoms with Crippen molar-refractivity contribution in [2.75, 3.05) is 40.9 Å². The van der Waals surface area contributed by atoms with E-state index in [9.17, 15) is 19.4 Å². The molecular formula is C28H54N2O6P+. The Bertz CT molecular complexity index is 718. The van der Waals surface area contributed by atoms with Crippen LogP contribution in [0, 0.1) is 0 Å². The van der Waals surface area contributed by atoms with Crippen molar-refractivity contribution < 1.29 is 32.9 Å². The first-order chi connectivity index (χ1) is 17.5. The number of rotatable bonds is 23. The summed E-state index contributed by atoms with van der Waals surface area (Å²) in [7, 11) is 1.53. The van der Waals surface area contributed by atoms with E-state index in [-0.39, 0.29) is 19.1 Å². The molecule has 0 aromatic carbocycles. The average Bonchev–Trinajstić information content (AvgIpc) is 2.81. The Morgan fingerprint density at radius 3 is 2.03 bits per heavy atom. The van der Waals surface area contributed by atoms with E-state index in [1.54, 1.807) is 6.08 Å². The first kappa shape index (κ1) is 35.7. The molecule has 9 heteroatoms. The number of nitrogens with one attached hydrogen (secondary N) is 1. The lowest BCUT2D eigenvalue weighted by molar-refractivity contribution is -0.870. The number of likely N-dealkylation sites (N-methyl/N-ethyl adjacent to an activating group) is 1. The second kappa shape index (κ2) is 21.6. The Balaban J connectivity index is 4.70. The number of phosphoric ester groups is 1. The van der Waals surface area contributed by atoms with Gasteiger partial charge in [-0.3, -0.25) is 13.8 Å². The predicted molar refractivity (Wildman–Crippen MR) is 152 cm³/mol. The quantitative estimate of drug-likeness (QED) is 0.0661. The third-order valence-corrected chi connectivity index (χ3v) is 6.57. The monoisotopic (exact) mass is 545 g/mol. The van der Waals surface area contributed by atoms with Crippen LogP contribution in [-0.2, 0) is 18.4 Å². The Morgan fingerprint density at radius 1 is 0.892 bits per heavy atom. The standard InChI is InChI=1S/C28H53N2O6P/c1-6-8-10-11-12-13-14-15-16-17-18-20-21-27(31)26(29-28(32)22-19-9-7-2)25-36-37(33,34)35-24-23-30(3,4)5/h11-12,15-16,20-21,26-27,31H,6-10,13-14,17-19,22-25H2,1-5H3,(H-,29,32,33,34)/p+1/b12-11+,16-15+,21-20+. The highest BCUT2D eigenvalue weighted by Crippen LogP contribution is 2.43. The molecule has 1 amide bonds. The van der Waals surface area contributed by atoms with E-state index in [0.717, 1.165) is 51.4 Å². The third kappa shape index (κ3) is 23.6. The maximum absolute atomic E-state index is 12.3. The maximum Gasteiger partial charge on any atom is 0.472 e. The molecule has 0 rings (SSSR count). The summed E-state index contributed by atoms with van der Waals surface area (Å²) in [6.07, 6.45) is 21.4. The van der Waals surface area contributed by atoms with Gasteiger partial charge in [-0.05, 0) is 38.5 Å². The van der Waals surface area contributed by atoms with Gasteiger partial charge < -0.3 is 19.8 Å². The normalized spacial score (nSPS) is 16.0. The van der Waals surface area contributed by atoms with Gasteiger partial charge in [0.15, 0.2) is 0 Å². The minimum atomic E-state index is -4.31. The molecule has 0 aliphatic heterocycles. The summed E-state index contributed by atoms with van der Waals surface area (Å²) >= 11 is 0. The number of amides is 1. The van der Waals surface area contributed by atoms with Gasteiger partial charge in [-0.1, -0.05) is 76.0 Å². The molecule has 0 aliphatic carbocycles. The zero-order valence-electron chi connectivity index (χ0n) is 23.9. The van der Waals surface area contributed by atoms with E-state index in [2.05, 4.69) is 43.5 Å². The van der Waals surface area contributed by atoms with Crippen LogP contribution in [0.1, 0.15) is 84.5 Å². The molecule has 0 aromatic heterocycles. The van der Waals surface area contributed by atoms with Crippen molar-refractivity contribution in [3.63, 3.8) is 0 Å². The largest absolute Gasteiger partial charge is 0.472 e. The molecule has 0 bridgehead atoms. The van der Waals surface area contributed by atoms with E-state index in [0.29, 0.717) is 17.4 Å². The molecule has 0 saturated carbocycles. The van der Waals surface area contributed by atoms with E-state index in [1.807, 2.05) is 27.2 Å². The van der Waals surface area contributed by atoms with Crippen molar-refractivity contribution in [1.82, 2.24) is 5.32 Å². The number of quaternary nitrogens is 1. The van der Waals surface area contributed by atoms with Crippen molar-refractivity contribution in [3.8, 4) is 0 Å². The number of hydrogen-bond acceptors (Lipinski definition) is 5. The van der Waals surface area contributed by atoms with E-state index >= 15 is 0 Å². The molecule has 0 aliphatic rings. The smallest absolute Gasteiger partial charge is 0.387 e. The zero-order chi connectivity index (χ0) is 28.0. The van der Waals surface area contributed by atoms with Crippen molar-refractivity contribution in [2.24, 2.45) is 0 Å². The number of carbonyl (C=O) groups excluding carboxylic acids is 1. The molecule has 0 saturated heterocycles. The SMILES string of the molecule is CCCC/C=C/CC/C=C/CC/C=C/C(O)C(COP(=O)(O)OCC[N+](C)(C)C)NC(=O)CCCCC. The highest BCUT2D eigenvalue weighted by molar-refractivity contribution is 7.47. The second-order valence-electron chi connectivity index (χ2n) is 10.4. The molecule has 0 fully saturated rings. The van der Waals surface area contributed by atoms with Crippen LogP contribution >= 0.6 is 7.82 Å². The second-order valence-corrected chi connectivity index (χ2v) is 11.9. The molecule has 0 radical (unpaired) electrons. The molecule has 0 heterocycles. The van der Waals surface area contributed by atoms with Crippen molar-refractivity contribution >= 4 is 13.7 Å². The van der Waals surface area contributed by atoms with Crippen LogP contribution in [0.4, 0.5) is 0 Å². The Morgan fingerprint density at radius 2 is 1.46 bits per heavy atom. The number of hydrogen-bond donors (Lipinski definition) is 3. The van der Waals surface area contributed by atoms with Crippen LogP contribution in [0.2, 0.25) is 0 Å². The van der Waals surface area contributed by atoms with Crippen LogP contribution in [0.3, 0.4) is 0 Å². The Hall–Kier alpha value is -1.28. The van der Waals surface area contributed by atoms with Gasteiger partial charge in [0, 0.05) is 6.42 Å².